The summed E-state index contributed by atoms with van der Waals surface area (Å²) in [6, 6.07) is 8.72. The number of phenols is 1. The monoisotopic (exact) mass is 441 g/mol. The van der Waals surface area contributed by atoms with Gasteiger partial charge in [-0.15, -0.1) is 11.8 Å². The first kappa shape index (κ1) is 25.6. The van der Waals surface area contributed by atoms with Crippen molar-refractivity contribution < 1.29 is 15.0 Å². The first-order chi connectivity index (χ1) is 14.2. The number of thioether (sulfide) groups is 1. The maximum atomic E-state index is 12.8. The van der Waals surface area contributed by atoms with Crippen LogP contribution in [0.3, 0.4) is 0 Å². The number of carbonyl (C=O) groups is 1. The van der Waals surface area contributed by atoms with Gasteiger partial charge in [0.15, 0.2) is 5.78 Å². The number of benzene rings is 1. The number of aromatic hydroxyl groups is 1. The van der Waals surface area contributed by atoms with Gasteiger partial charge in [-0.05, 0) is 49.4 Å². The first-order valence-corrected chi connectivity index (χ1v) is 11.0. The van der Waals surface area contributed by atoms with Gasteiger partial charge in [-0.25, -0.2) is 0 Å². The summed E-state index contributed by atoms with van der Waals surface area (Å²) < 4.78 is 0. The molecule has 0 heterocycles. The lowest BCUT2D eigenvalue weighted by atomic mass is 9.87. The van der Waals surface area contributed by atoms with Gasteiger partial charge in [-0.2, -0.15) is 5.26 Å². The number of Topliss-reactive ketones (excluding diaryl/α,β-unsaturated/α-hetero) is 1. The number of phenolic OH excluding ortho intramolecular Hbond substituents is 1. The van der Waals surface area contributed by atoms with Crippen LogP contribution in [0.5, 0.6) is 5.75 Å². The predicted octanol–water partition coefficient (Wildman–Crippen LogP) is 5.41. The van der Waals surface area contributed by atoms with Crippen molar-refractivity contribution in [2.24, 2.45) is 0 Å². The van der Waals surface area contributed by atoms with E-state index in [9.17, 15) is 20.3 Å². The molecule has 0 aliphatic heterocycles. The van der Waals surface area contributed by atoms with Crippen LogP contribution in [0.25, 0.3) is 0 Å². The standard InChI is InChI=1S/C24H27NO3S2/c1-16(5-6-20(15-25)18(3)30-4)13-17(2)23(28)14-22(24(29)11-12-26)19-7-9-21(27)10-8-19/h5-10,13,22,26-27H,3,11-12,14H2,1-2,4H3/b16-5+,17-13+,20-6-. The number of aliphatic hydroxyl groups excluding tert-OH is 1. The number of nitrogens with zero attached hydrogens (tertiary/aromatic N) is 1. The molecule has 1 aromatic carbocycles. The molecule has 6 heteroatoms. The Hall–Kier alpha value is -2.46. The lowest BCUT2D eigenvalue weighted by Crippen LogP contribution is -2.17. The number of hydrogen-bond acceptors (Lipinski definition) is 6. The van der Waals surface area contributed by atoms with Crippen molar-refractivity contribution in [3.8, 4) is 11.8 Å². The molecular formula is C24H27NO3S2. The lowest BCUT2D eigenvalue weighted by molar-refractivity contribution is -0.115. The van der Waals surface area contributed by atoms with Gasteiger partial charge in [0, 0.05) is 35.1 Å². The van der Waals surface area contributed by atoms with Crippen LogP contribution < -0.4 is 0 Å². The van der Waals surface area contributed by atoms with Crippen LogP contribution in [0, 0.1) is 11.3 Å². The van der Waals surface area contributed by atoms with E-state index < -0.39 is 0 Å². The van der Waals surface area contributed by atoms with Crippen LogP contribution >= 0.6 is 24.0 Å². The van der Waals surface area contributed by atoms with Gasteiger partial charge in [0.2, 0.25) is 0 Å². The summed E-state index contributed by atoms with van der Waals surface area (Å²) in [4.78, 5) is 14.1. The fourth-order valence-electron chi connectivity index (χ4n) is 2.74. The second kappa shape index (κ2) is 13.0. The van der Waals surface area contributed by atoms with Gasteiger partial charge in [-0.1, -0.05) is 48.7 Å². The molecule has 0 aliphatic carbocycles. The van der Waals surface area contributed by atoms with Crippen LogP contribution in [0.2, 0.25) is 0 Å². The van der Waals surface area contributed by atoms with Crippen LogP contribution in [0.1, 0.15) is 38.2 Å². The Labute approximate surface area is 188 Å². The minimum atomic E-state index is -0.317. The average molecular weight is 442 g/mol. The Morgan fingerprint density at radius 1 is 1.30 bits per heavy atom. The molecule has 0 aromatic heterocycles. The van der Waals surface area contributed by atoms with Crippen LogP contribution in [-0.4, -0.2) is 33.7 Å². The highest BCUT2D eigenvalue weighted by Gasteiger charge is 2.21. The number of nitriles is 1. The normalized spacial score (nSPS) is 13.5. The van der Waals surface area contributed by atoms with E-state index in [-0.39, 0.29) is 30.5 Å². The van der Waals surface area contributed by atoms with Gasteiger partial charge < -0.3 is 10.2 Å². The molecule has 0 spiro atoms. The van der Waals surface area contributed by atoms with E-state index in [0.29, 0.717) is 27.3 Å². The molecule has 0 amide bonds. The highest BCUT2D eigenvalue weighted by Crippen LogP contribution is 2.27. The number of hydrogen-bond donors (Lipinski definition) is 2. The topological polar surface area (TPSA) is 81.3 Å². The number of allylic oxidation sites excluding steroid dienone is 6. The molecule has 2 N–H and O–H groups in total. The third-order valence-electron chi connectivity index (χ3n) is 4.50. The van der Waals surface area contributed by atoms with Crippen LogP contribution in [-0.2, 0) is 4.79 Å². The van der Waals surface area contributed by atoms with E-state index in [1.807, 2.05) is 13.2 Å². The fourth-order valence-corrected chi connectivity index (χ4v) is 3.39. The Kier molecular flexibility index (Phi) is 11.1. The molecule has 158 valence electrons. The molecule has 0 bridgehead atoms. The fraction of sp³-hybridized carbons (Fsp3) is 0.292. The van der Waals surface area contributed by atoms with Crippen molar-refractivity contribution in [3.05, 3.63) is 76.3 Å². The predicted molar refractivity (Wildman–Crippen MR) is 129 cm³/mol. The van der Waals surface area contributed by atoms with E-state index in [1.54, 1.807) is 49.4 Å². The molecular weight excluding hydrogens is 414 g/mol. The maximum Gasteiger partial charge on any atom is 0.159 e. The van der Waals surface area contributed by atoms with Gasteiger partial charge in [0.25, 0.3) is 0 Å². The molecule has 0 aliphatic rings. The van der Waals surface area contributed by atoms with Crippen molar-refractivity contribution >= 4 is 34.6 Å². The van der Waals surface area contributed by atoms with Gasteiger partial charge >= 0.3 is 0 Å². The highest BCUT2D eigenvalue weighted by atomic mass is 32.2. The van der Waals surface area contributed by atoms with Gasteiger partial charge in [-0.3, -0.25) is 4.79 Å². The summed E-state index contributed by atoms with van der Waals surface area (Å²) in [6.45, 7) is 7.37. The zero-order chi connectivity index (χ0) is 22.7. The first-order valence-electron chi connectivity index (χ1n) is 9.39. The largest absolute Gasteiger partial charge is 0.508 e. The summed E-state index contributed by atoms with van der Waals surface area (Å²) in [6.07, 6.45) is 7.62. The minimum Gasteiger partial charge on any atom is -0.508 e. The number of carbonyl (C=O) groups excluding carboxylic acids is 1. The van der Waals surface area contributed by atoms with E-state index >= 15 is 0 Å². The lowest BCUT2D eigenvalue weighted by Gasteiger charge is -2.18. The molecule has 1 rings (SSSR count). The Bertz CT molecular complexity index is 919. The SMILES string of the molecule is C=C(SC)\C(C#N)=C/C=C(C)/C=C(\C)C(=O)CC(C(=S)CCO)c1ccc(O)cc1. The molecule has 0 saturated carbocycles. The average Bonchev–Trinajstić information content (AvgIpc) is 2.72. The van der Waals surface area contributed by atoms with Gasteiger partial charge in [0.1, 0.15) is 11.8 Å². The highest BCUT2D eigenvalue weighted by molar-refractivity contribution is 8.02. The maximum absolute atomic E-state index is 12.8. The summed E-state index contributed by atoms with van der Waals surface area (Å²) in [7, 11) is 0. The van der Waals surface area contributed by atoms with Crippen LogP contribution in [0.4, 0.5) is 0 Å². The molecule has 1 aromatic rings. The number of aliphatic hydroxyl groups is 1. The Morgan fingerprint density at radius 2 is 1.93 bits per heavy atom. The van der Waals surface area contributed by atoms with Crippen molar-refractivity contribution in [2.45, 2.75) is 32.6 Å². The zero-order valence-corrected chi connectivity index (χ0v) is 19.1. The Balaban J connectivity index is 3.05. The molecule has 0 radical (unpaired) electrons. The second-order valence-corrected chi connectivity index (χ2v) is 8.19. The van der Waals surface area contributed by atoms with E-state index in [2.05, 4.69) is 12.6 Å². The van der Waals surface area contributed by atoms with Crippen LogP contribution in [0.15, 0.2) is 70.7 Å². The number of ketones is 1. The minimum absolute atomic E-state index is 0.0564. The summed E-state index contributed by atoms with van der Waals surface area (Å²) >= 11 is 6.86. The van der Waals surface area contributed by atoms with Crippen molar-refractivity contribution in [2.75, 3.05) is 12.9 Å². The number of rotatable bonds is 11. The summed E-state index contributed by atoms with van der Waals surface area (Å²) in [5.41, 5.74) is 2.73. The second-order valence-electron chi connectivity index (χ2n) is 6.77. The zero-order valence-electron chi connectivity index (χ0n) is 17.5. The molecule has 1 atom stereocenters. The molecule has 30 heavy (non-hydrogen) atoms. The third kappa shape index (κ3) is 8.11. The number of thiocarbonyl (C=S) groups is 1. The van der Waals surface area contributed by atoms with E-state index in [1.165, 1.54) is 11.8 Å². The van der Waals surface area contributed by atoms with Crippen molar-refractivity contribution in [1.29, 1.82) is 5.26 Å². The van der Waals surface area contributed by atoms with Crippen molar-refractivity contribution in [1.82, 2.24) is 0 Å². The molecule has 4 nitrogen and oxygen atoms in total. The molecule has 0 saturated heterocycles. The molecule has 0 fully saturated rings. The van der Waals surface area contributed by atoms with Gasteiger partial charge in [0.05, 0.1) is 5.57 Å². The van der Waals surface area contributed by atoms with E-state index in [0.717, 1.165) is 11.1 Å². The molecule has 1 unspecified atom stereocenters. The third-order valence-corrected chi connectivity index (χ3v) is 5.70. The van der Waals surface area contributed by atoms with E-state index in [4.69, 9.17) is 12.2 Å². The van der Waals surface area contributed by atoms with Crippen molar-refractivity contribution in [3.63, 3.8) is 0 Å². The Morgan fingerprint density at radius 3 is 2.47 bits per heavy atom. The summed E-state index contributed by atoms with van der Waals surface area (Å²) in [5, 5.41) is 28.0. The quantitative estimate of drug-likeness (QED) is 0.207. The summed E-state index contributed by atoms with van der Waals surface area (Å²) in [5.74, 6) is -0.232. The smallest absolute Gasteiger partial charge is 0.159 e.